The molecule has 1 N–H and O–H groups in total. The van der Waals surface area contributed by atoms with E-state index < -0.39 is 0 Å². The Labute approximate surface area is 158 Å². The summed E-state index contributed by atoms with van der Waals surface area (Å²) in [7, 11) is 1.87. The van der Waals surface area contributed by atoms with Crippen molar-refractivity contribution in [3.63, 3.8) is 0 Å². The summed E-state index contributed by atoms with van der Waals surface area (Å²) in [5, 5.41) is 6.87. The Morgan fingerprint density at radius 1 is 1.28 bits per heavy atom. The molecule has 0 unspecified atom stereocenters. The van der Waals surface area contributed by atoms with Crippen LogP contribution in [0.5, 0.6) is 0 Å². The number of hydrogen-bond donors (Lipinski definition) is 1. The number of thiophene rings is 1. The van der Waals surface area contributed by atoms with Gasteiger partial charge >= 0.3 is 0 Å². The third-order valence-electron chi connectivity index (χ3n) is 4.42. The van der Waals surface area contributed by atoms with E-state index in [1.54, 1.807) is 0 Å². The maximum atomic E-state index is 4.49. The normalized spacial score (nSPS) is 16.4. The summed E-state index contributed by atoms with van der Waals surface area (Å²) in [6.45, 7) is 8.37. The molecule has 1 aliphatic rings. The highest BCUT2D eigenvalue weighted by molar-refractivity contribution is 7.11. The molecule has 5 nitrogen and oxygen atoms in total. The molecule has 2 aromatic heterocycles. The van der Waals surface area contributed by atoms with Crippen LogP contribution in [0, 0.1) is 0 Å². The lowest BCUT2D eigenvalue weighted by molar-refractivity contribution is 0.174. The van der Waals surface area contributed by atoms with Crippen LogP contribution in [-0.2, 0) is 19.4 Å². The minimum atomic E-state index is 0.888. The second kappa shape index (κ2) is 9.31. The molecule has 3 rings (SSSR count). The monoisotopic (exact) mass is 377 g/mol. The van der Waals surface area contributed by atoms with Gasteiger partial charge in [-0.15, -0.1) is 22.7 Å². The lowest BCUT2D eigenvalue weighted by Crippen LogP contribution is -2.52. The third-order valence-corrected chi connectivity index (χ3v) is 6.48. The van der Waals surface area contributed by atoms with Crippen molar-refractivity contribution >= 4 is 28.6 Å². The minimum absolute atomic E-state index is 0.888. The first kappa shape index (κ1) is 18.4. The van der Waals surface area contributed by atoms with Gasteiger partial charge in [-0.25, -0.2) is 4.98 Å². The number of rotatable bonds is 6. The average molecular weight is 378 g/mol. The van der Waals surface area contributed by atoms with Gasteiger partial charge in [0, 0.05) is 68.7 Å². The minimum Gasteiger partial charge on any atom is -0.356 e. The maximum Gasteiger partial charge on any atom is 0.193 e. The Morgan fingerprint density at radius 2 is 2.12 bits per heavy atom. The average Bonchev–Trinajstić information content (AvgIpc) is 3.31. The van der Waals surface area contributed by atoms with E-state index in [2.05, 4.69) is 49.5 Å². The molecule has 0 amide bonds. The summed E-state index contributed by atoms with van der Waals surface area (Å²) >= 11 is 3.66. The van der Waals surface area contributed by atoms with Gasteiger partial charge in [0.05, 0.1) is 5.01 Å². The highest BCUT2D eigenvalue weighted by atomic mass is 32.1. The number of hydrogen-bond acceptors (Lipinski definition) is 5. The smallest absolute Gasteiger partial charge is 0.193 e. The maximum absolute atomic E-state index is 4.49. The summed E-state index contributed by atoms with van der Waals surface area (Å²) in [5.74, 6) is 1.02. The molecular weight excluding hydrogens is 350 g/mol. The van der Waals surface area contributed by atoms with Crippen molar-refractivity contribution in [2.24, 2.45) is 4.99 Å². The molecule has 0 bridgehead atoms. The van der Waals surface area contributed by atoms with Crippen LogP contribution >= 0.6 is 22.7 Å². The quantitative estimate of drug-likeness (QED) is 0.621. The molecule has 0 radical (unpaired) electrons. The lowest BCUT2D eigenvalue weighted by Gasteiger charge is -2.36. The number of aromatic nitrogens is 1. The molecule has 1 saturated heterocycles. The molecule has 0 aliphatic carbocycles. The first-order valence-electron chi connectivity index (χ1n) is 8.92. The summed E-state index contributed by atoms with van der Waals surface area (Å²) in [6.07, 6.45) is 4.03. The zero-order chi connectivity index (χ0) is 17.5. The number of aliphatic imine (C=N–C) groups is 1. The molecule has 136 valence electrons. The number of aryl methyl sites for hydroxylation is 1. The molecule has 0 saturated carbocycles. The van der Waals surface area contributed by atoms with Crippen LogP contribution in [0.15, 0.2) is 28.7 Å². The SMILES string of the molecule is CCc1cnc(CCNC(=NC)N2CCN(Cc3cccs3)CC2)s1. The van der Waals surface area contributed by atoms with Gasteiger partial charge in [0.15, 0.2) is 5.96 Å². The Hall–Kier alpha value is -1.44. The Kier molecular flexibility index (Phi) is 6.84. The second-order valence-electron chi connectivity index (χ2n) is 6.14. The van der Waals surface area contributed by atoms with Crippen LogP contribution in [0.4, 0.5) is 0 Å². The van der Waals surface area contributed by atoms with E-state index in [0.717, 1.165) is 58.1 Å². The number of nitrogens with one attached hydrogen (secondary N) is 1. The molecule has 0 atom stereocenters. The van der Waals surface area contributed by atoms with E-state index in [1.807, 2.05) is 35.9 Å². The second-order valence-corrected chi connectivity index (χ2v) is 8.37. The van der Waals surface area contributed by atoms with Gasteiger partial charge in [-0.2, -0.15) is 0 Å². The highest BCUT2D eigenvalue weighted by Crippen LogP contribution is 2.14. The molecular formula is C18H27N5S2. The number of thiazole rings is 1. The van der Waals surface area contributed by atoms with Crippen molar-refractivity contribution in [2.75, 3.05) is 39.8 Å². The predicted molar refractivity (Wildman–Crippen MR) is 108 cm³/mol. The summed E-state index contributed by atoms with van der Waals surface area (Å²) in [5.41, 5.74) is 0. The van der Waals surface area contributed by atoms with Gasteiger partial charge in [-0.1, -0.05) is 13.0 Å². The molecule has 1 aliphatic heterocycles. The van der Waals surface area contributed by atoms with Crippen LogP contribution < -0.4 is 5.32 Å². The van der Waals surface area contributed by atoms with Crippen molar-refractivity contribution in [3.8, 4) is 0 Å². The van der Waals surface area contributed by atoms with Gasteiger partial charge in [0.2, 0.25) is 0 Å². The van der Waals surface area contributed by atoms with Gasteiger partial charge < -0.3 is 10.2 Å². The third kappa shape index (κ3) is 5.26. The summed E-state index contributed by atoms with van der Waals surface area (Å²) in [6, 6.07) is 4.36. The van der Waals surface area contributed by atoms with Gasteiger partial charge in [-0.3, -0.25) is 9.89 Å². The van der Waals surface area contributed by atoms with Crippen molar-refractivity contribution in [3.05, 3.63) is 38.5 Å². The van der Waals surface area contributed by atoms with E-state index >= 15 is 0 Å². The molecule has 3 heterocycles. The molecule has 2 aromatic rings. The summed E-state index contributed by atoms with van der Waals surface area (Å²) in [4.78, 5) is 16.7. The first-order chi connectivity index (χ1) is 12.3. The van der Waals surface area contributed by atoms with Crippen molar-refractivity contribution in [1.82, 2.24) is 20.1 Å². The van der Waals surface area contributed by atoms with Crippen molar-refractivity contribution in [2.45, 2.75) is 26.3 Å². The van der Waals surface area contributed by atoms with Crippen LogP contribution in [0.1, 0.15) is 21.7 Å². The number of nitrogens with zero attached hydrogens (tertiary/aromatic N) is 4. The number of guanidine groups is 1. The fourth-order valence-corrected chi connectivity index (χ4v) is 4.59. The van der Waals surface area contributed by atoms with E-state index in [9.17, 15) is 0 Å². The van der Waals surface area contributed by atoms with E-state index in [1.165, 1.54) is 14.8 Å². The first-order valence-corrected chi connectivity index (χ1v) is 10.6. The van der Waals surface area contributed by atoms with Crippen LogP contribution in [-0.4, -0.2) is 60.5 Å². The van der Waals surface area contributed by atoms with Crippen LogP contribution in [0.25, 0.3) is 0 Å². The molecule has 0 spiro atoms. The van der Waals surface area contributed by atoms with Crippen LogP contribution in [0.2, 0.25) is 0 Å². The standard InChI is InChI=1S/C18H27N5S2/c1-3-15-13-21-17(25-15)6-7-20-18(19-2)23-10-8-22(9-11-23)14-16-5-4-12-24-16/h4-5,12-13H,3,6-11,14H2,1-2H3,(H,19,20). The van der Waals surface area contributed by atoms with E-state index in [4.69, 9.17) is 0 Å². The fraction of sp³-hybridized carbons (Fsp3) is 0.556. The molecule has 25 heavy (non-hydrogen) atoms. The Balaban J connectivity index is 1.41. The zero-order valence-electron chi connectivity index (χ0n) is 15.1. The Morgan fingerprint density at radius 3 is 2.76 bits per heavy atom. The molecule has 1 fully saturated rings. The lowest BCUT2D eigenvalue weighted by atomic mass is 10.3. The molecule has 7 heteroatoms. The van der Waals surface area contributed by atoms with E-state index in [0.29, 0.717) is 0 Å². The largest absolute Gasteiger partial charge is 0.356 e. The summed E-state index contributed by atoms with van der Waals surface area (Å²) < 4.78 is 0. The fourth-order valence-electron chi connectivity index (χ4n) is 2.98. The van der Waals surface area contributed by atoms with Crippen molar-refractivity contribution in [1.29, 1.82) is 0 Å². The number of piperazine rings is 1. The molecule has 0 aromatic carbocycles. The van der Waals surface area contributed by atoms with Crippen LogP contribution in [0.3, 0.4) is 0 Å². The van der Waals surface area contributed by atoms with Gasteiger partial charge in [0.1, 0.15) is 0 Å². The van der Waals surface area contributed by atoms with Crippen molar-refractivity contribution < 1.29 is 0 Å². The predicted octanol–water partition coefficient (Wildman–Crippen LogP) is 2.70. The topological polar surface area (TPSA) is 43.8 Å². The van der Waals surface area contributed by atoms with Gasteiger partial charge in [-0.05, 0) is 17.9 Å². The zero-order valence-corrected chi connectivity index (χ0v) is 16.7. The van der Waals surface area contributed by atoms with E-state index in [-0.39, 0.29) is 0 Å². The van der Waals surface area contributed by atoms with Gasteiger partial charge in [0.25, 0.3) is 0 Å². The highest BCUT2D eigenvalue weighted by Gasteiger charge is 2.19. The Bertz CT molecular complexity index is 657.